The molecule has 5 heteroatoms. The number of rotatable bonds is 3. The van der Waals surface area contributed by atoms with Crippen LogP contribution in [0.3, 0.4) is 0 Å². The first-order valence-corrected chi connectivity index (χ1v) is 5.04. The largest absolute Gasteiger partial charge is 0.478 e. The Kier molecular flexibility index (Phi) is 6.17. The van der Waals surface area contributed by atoms with Crippen LogP contribution in [0.4, 0.5) is 5.69 Å². The molecular weight excluding hydrogens is 194 g/mol. The quantitative estimate of drug-likeness (QED) is 0.833. The van der Waals surface area contributed by atoms with Crippen molar-refractivity contribution in [2.24, 2.45) is 7.05 Å². The lowest BCUT2D eigenvalue weighted by Gasteiger charge is -2.00. The maximum absolute atomic E-state index is 11.1. The monoisotopic (exact) mass is 213 g/mol. The SMILES string of the molecule is CC.CCC(=O)Nc1cn(C)nc1OC. The molecule has 0 saturated carbocycles. The number of aromatic nitrogens is 2. The molecule has 1 aromatic heterocycles. The molecule has 86 valence electrons. The number of hydrogen-bond acceptors (Lipinski definition) is 3. The zero-order valence-corrected chi connectivity index (χ0v) is 10.00. The molecule has 0 unspecified atom stereocenters. The number of methoxy groups -OCH3 is 1. The van der Waals surface area contributed by atoms with Crippen molar-refractivity contribution in [2.75, 3.05) is 12.4 Å². The van der Waals surface area contributed by atoms with Crippen LogP contribution in [0.5, 0.6) is 5.88 Å². The Morgan fingerprint density at radius 3 is 2.67 bits per heavy atom. The molecule has 0 radical (unpaired) electrons. The van der Waals surface area contributed by atoms with E-state index in [1.54, 1.807) is 24.9 Å². The number of amides is 1. The molecule has 0 bridgehead atoms. The predicted octanol–water partition coefficient (Wildman–Crippen LogP) is 1.80. The van der Waals surface area contributed by atoms with Gasteiger partial charge in [0.25, 0.3) is 5.88 Å². The van der Waals surface area contributed by atoms with Crippen molar-refractivity contribution in [1.29, 1.82) is 0 Å². The van der Waals surface area contributed by atoms with E-state index in [4.69, 9.17) is 4.74 Å². The van der Waals surface area contributed by atoms with Gasteiger partial charge in [0, 0.05) is 13.5 Å². The van der Waals surface area contributed by atoms with Gasteiger partial charge in [-0.3, -0.25) is 9.48 Å². The van der Waals surface area contributed by atoms with Gasteiger partial charge >= 0.3 is 0 Å². The van der Waals surface area contributed by atoms with Crippen molar-refractivity contribution in [3.8, 4) is 5.88 Å². The number of nitrogens with one attached hydrogen (secondary N) is 1. The van der Waals surface area contributed by atoms with E-state index < -0.39 is 0 Å². The van der Waals surface area contributed by atoms with Gasteiger partial charge in [-0.1, -0.05) is 20.8 Å². The summed E-state index contributed by atoms with van der Waals surface area (Å²) in [5.41, 5.74) is 0.608. The highest BCUT2D eigenvalue weighted by Crippen LogP contribution is 2.20. The Morgan fingerprint density at radius 2 is 2.20 bits per heavy atom. The molecule has 0 aliphatic rings. The molecule has 1 aromatic rings. The second-order valence-electron chi connectivity index (χ2n) is 2.63. The summed E-state index contributed by atoms with van der Waals surface area (Å²) >= 11 is 0. The Balaban J connectivity index is 0.000000921. The number of hydrogen-bond donors (Lipinski definition) is 1. The minimum atomic E-state index is -0.0497. The van der Waals surface area contributed by atoms with E-state index in [2.05, 4.69) is 10.4 Å². The van der Waals surface area contributed by atoms with Gasteiger partial charge in [0.05, 0.1) is 13.3 Å². The van der Waals surface area contributed by atoms with Crippen LogP contribution in [0.25, 0.3) is 0 Å². The highest BCUT2D eigenvalue weighted by molar-refractivity contribution is 5.91. The summed E-state index contributed by atoms with van der Waals surface area (Å²) in [6.45, 7) is 5.79. The van der Waals surface area contributed by atoms with Crippen LogP contribution >= 0.6 is 0 Å². The second-order valence-corrected chi connectivity index (χ2v) is 2.63. The van der Waals surface area contributed by atoms with Gasteiger partial charge in [-0.25, -0.2) is 0 Å². The Bertz CT molecular complexity index is 308. The topological polar surface area (TPSA) is 56.2 Å². The van der Waals surface area contributed by atoms with Crippen LogP contribution in [0, 0.1) is 0 Å². The molecule has 1 N–H and O–H groups in total. The third-order valence-electron chi connectivity index (χ3n) is 1.58. The van der Waals surface area contributed by atoms with Crippen molar-refractivity contribution >= 4 is 11.6 Å². The number of anilines is 1. The molecule has 0 aliphatic carbocycles. The minimum absolute atomic E-state index is 0.0497. The molecule has 1 heterocycles. The maximum Gasteiger partial charge on any atom is 0.256 e. The average Bonchev–Trinajstić information content (AvgIpc) is 2.61. The van der Waals surface area contributed by atoms with Crippen molar-refractivity contribution < 1.29 is 9.53 Å². The fraction of sp³-hybridized carbons (Fsp3) is 0.600. The van der Waals surface area contributed by atoms with Crippen LogP contribution in [-0.2, 0) is 11.8 Å². The van der Waals surface area contributed by atoms with Gasteiger partial charge in [0.2, 0.25) is 5.91 Å². The van der Waals surface area contributed by atoms with E-state index >= 15 is 0 Å². The maximum atomic E-state index is 11.1. The summed E-state index contributed by atoms with van der Waals surface area (Å²) in [6.07, 6.45) is 2.14. The van der Waals surface area contributed by atoms with Crippen molar-refractivity contribution in [2.45, 2.75) is 27.2 Å². The van der Waals surface area contributed by atoms with Crippen molar-refractivity contribution in [3.63, 3.8) is 0 Å². The predicted molar refractivity (Wildman–Crippen MR) is 60.0 cm³/mol. The summed E-state index contributed by atoms with van der Waals surface area (Å²) < 4.78 is 6.55. The van der Waals surface area contributed by atoms with Gasteiger partial charge in [-0.15, -0.1) is 5.10 Å². The van der Waals surface area contributed by atoms with Crippen molar-refractivity contribution in [1.82, 2.24) is 9.78 Å². The van der Waals surface area contributed by atoms with Gasteiger partial charge in [-0.2, -0.15) is 0 Å². The third-order valence-corrected chi connectivity index (χ3v) is 1.58. The summed E-state index contributed by atoms with van der Waals surface area (Å²) in [4.78, 5) is 11.1. The standard InChI is InChI=1S/C8H13N3O2.C2H6/c1-4-7(12)9-6-5-11(2)10-8(6)13-3;1-2/h5H,4H2,1-3H3,(H,9,12);1-2H3. The molecule has 0 atom stereocenters. The van der Waals surface area contributed by atoms with Crippen LogP contribution in [0.1, 0.15) is 27.2 Å². The highest BCUT2D eigenvalue weighted by atomic mass is 16.5. The smallest absolute Gasteiger partial charge is 0.256 e. The number of ether oxygens (including phenoxy) is 1. The van der Waals surface area contributed by atoms with Crippen LogP contribution in [-0.4, -0.2) is 22.8 Å². The van der Waals surface area contributed by atoms with Crippen LogP contribution in [0.2, 0.25) is 0 Å². The van der Waals surface area contributed by atoms with Crippen LogP contribution < -0.4 is 10.1 Å². The lowest BCUT2D eigenvalue weighted by atomic mass is 10.4. The molecule has 0 aromatic carbocycles. The zero-order chi connectivity index (χ0) is 11.8. The molecule has 1 rings (SSSR count). The number of aryl methyl sites for hydroxylation is 1. The molecule has 15 heavy (non-hydrogen) atoms. The number of carbonyl (C=O) groups excluding carboxylic acids is 1. The first kappa shape index (κ1) is 13.5. The molecule has 5 nitrogen and oxygen atoms in total. The van der Waals surface area contributed by atoms with Gasteiger partial charge in [-0.05, 0) is 0 Å². The fourth-order valence-corrected chi connectivity index (χ4v) is 0.943. The Labute approximate surface area is 90.4 Å². The second kappa shape index (κ2) is 6.86. The van der Waals surface area contributed by atoms with E-state index in [0.29, 0.717) is 18.0 Å². The summed E-state index contributed by atoms with van der Waals surface area (Å²) in [5.74, 6) is 0.385. The first-order valence-electron chi connectivity index (χ1n) is 5.04. The summed E-state index contributed by atoms with van der Waals surface area (Å²) in [5, 5.41) is 6.68. The van der Waals surface area contributed by atoms with E-state index in [1.807, 2.05) is 13.8 Å². The molecule has 0 spiro atoms. The van der Waals surface area contributed by atoms with Crippen LogP contribution in [0.15, 0.2) is 6.20 Å². The van der Waals surface area contributed by atoms with E-state index in [-0.39, 0.29) is 5.91 Å². The molecule has 0 fully saturated rings. The summed E-state index contributed by atoms with van der Waals surface area (Å²) in [6, 6.07) is 0. The third kappa shape index (κ3) is 4.01. The van der Waals surface area contributed by atoms with Gasteiger partial charge < -0.3 is 10.1 Å². The lowest BCUT2D eigenvalue weighted by molar-refractivity contribution is -0.115. The van der Waals surface area contributed by atoms with Gasteiger partial charge in [0.15, 0.2) is 0 Å². The average molecular weight is 213 g/mol. The highest BCUT2D eigenvalue weighted by Gasteiger charge is 2.09. The fourth-order valence-electron chi connectivity index (χ4n) is 0.943. The normalized spacial score (nSPS) is 8.87. The summed E-state index contributed by atoms with van der Waals surface area (Å²) in [7, 11) is 3.29. The van der Waals surface area contributed by atoms with E-state index in [0.717, 1.165) is 0 Å². The van der Waals surface area contributed by atoms with Crippen molar-refractivity contribution in [3.05, 3.63) is 6.20 Å². The van der Waals surface area contributed by atoms with E-state index in [9.17, 15) is 4.79 Å². The number of nitrogens with zero attached hydrogens (tertiary/aromatic N) is 2. The minimum Gasteiger partial charge on any atom is -0.478 e. The Morgan fingerprint density at radius 1 is 1.60 bits per heavy atom. The lowest BCUT2D eigenvalue weighted by Crippen LogP contribution is -2.09. The molecule has 0 aliphatic heterocycles. The molecule has 1 amide bonds. The van der Waals surface area contributed by atoms with E-state index in [1.165, 1.54) is 7.11 Å². The zero-order valence-electron chi connectivity index (χ0n) is 10.00. The number of carbonyl (C=O) groups is 1. The molecule has 0 saturated heterocycles. The Hall–Kier alpha value is -1.52. The van der Waals surface area contributed by atoms with Gasteiger partial charge in [0.1, 0.15) is 5.69 Å². The molecular formula is C10H19N3O2. The first-order chi connectivity index (χ1) is 7.17.